The summed E-state index contributed by atoms with van der Waals surface area (Å²) in [5.41, 5.74) is 2.54. The van der Waals surface area contributed by atoms with Gasteiger partial charge >= 0.3 is 5.97 Å². The summed E-state index contributed by atoms with van der Waals surface area (Å²) in [7, 11) is 1.76. The molecule has 0 aliphatic rings. The number of amides is 1. The standard InChI is InChI=1S/C23H23N3O3/c1-3-29-23(28)19-11-7-8-12-20(19)25-21-15-18(13-14-24-21)22(27)26(2)16-17-9-5-4-6-10-17/h4-15H,3,16H2,1-2H3,(H,24,25). The third-order valence-electron chi connectivity index (χ3n) is 4.30. The highest BCUT2D eigenvalue weighted by Gasteiger charge is 2.15. The summed E-state index contributed by atoms with van der Waals surface area (Å²) >= 11 is 0. The van der Waals surface area contributed by atoms with Crippen molar-refractivity contribution < 1.29 is 14.3 Å². The zero-order valence-corrected chi connectivity index (χ0v) is 16.5. The van der Waals surface area contributed by atoms with E-state index in [1.165, 1.54) is 0 Å². The molecule has 1 N–H and O–H groups in total. The van der Waals surface area contributed by atoms with Gasteiger partial charge in [0.05, 0.1) is 17.9 Å². The molecular formula is C23H23N3O3. The van der Waals surface area contributed by atoms with Crippen LogP contribution in [0.3, 0.4) is 0 Å². The first-order valence-corrected chi connectivity index (χ1v) is 9.37. The Kier molecular flexibility index (Phi) is 6.58. The molecule has 6 nitrogen and oxygen atoms in total. The van der Waals surface area contributed by atoms with Crippen LogP contribution in [-0.2, 0) is 11.3 Å². The van der Waals surface area contributed by atoms with E-state index in [4.69, 9.17) is 4.74 Å². The topological polar surface area (TPSA) is 71.5 Å². The second-order valence-electron chi connectivity index (χ2n) is 6.47. The van der Waals surface area contributed by atoms with Crippen LogP contribution in [0.15, 0.2) is 72.9 Å². The van der Waals surface area contributed by atoms with Gasteiger partial charge < -0.3 is 15.0 Å². The molecule has 0 radical (unpaired) electrons. The third-order valence-corrected chi connectivity index (χ3v) is 4.30. The summed E-state index contributed by atoms with van der Waals surface area (Å²) in [5.74, 6) is -0.0517. The van der Waals surface area contributed by atoms with Crippen molar-refractivity contribution >= 4 is 23.4 Å². The van der Waals surface area contributed by atoms with Gasteiger partial charge in [-0.05, 0) is 36.8 Å². The van der Waals surface area contributed by atoms with Gasteiger partial charge in [0.25, 0.3) is 5.91 Å². The summed E-state index contributed by atoms with van der Waals surface area (Å²) in [6.07, 6.45) is 1.57. The van der Waals surface area contributed by atoms with Crippen LogP contribution in [0.2, 0.25) is 0 Å². The number of aromatic nitrogens is 1. The molecule has 1 amide bonds. The second kappa shape index (κ2) is 9.50. The summed E-state index contributed by atoms with van der Waals surface area (Å²) < 4.78 is 5.10. The number of hydrogen-bond acceptors (Lipinski definition) is 5. The molecule has 0 unspecified atom stereocenters. The largest absolute Gasteiger partial charge is 0.462 e. The highest BCUT2D eigenvalue weighted by molar-refractivity contribution is 5.97. The molecule has 2 aromatic carbocycles. The fourth-order valence-electron chi connectivity index (χ4n) is 2.90. The number of carbonyl (C=O) groups is 2. The lowest BCUT2D eigenvalue weighted by molar-refractivity contribution is 0.0527. The third kappa shape index (κ3) is 5.19. The number of pyridine rings is 1. The molecule has 3 aromatic rings. The molecule has 148 valence electrons. The minimum Gasteiger partial charge on any atom is -0.462 e. The lowest BCUT2D eigenvalue weighted by Crippen LogP contribution is -2.26. The van der Waals surface area contributed by atoms with Crippen LogP contribution in [0.5, 0.6) is 0 Å². The molecule has 0 aliphatic heterocycles. The van der Waals surface area contributed by atoms with Crippen LogP contribution in [-0.4, -0.2) is 35.4 Å². The minimum absolute atomic E-state index is 0.113. The van der Waals surface area contributed by atoms with Crippen molar-refractivity contribution in [1.29, 1.82) is 0 Å². The Labute approximate surface area is 170 Å². The summed E-state index contributed by atoms with van der Waals surface area (Å²) in [6, 6.07) is 20.2. The Hall–Kier alpha value is -3.67. The van der Waals surface area contributed by atoms with Crippen molar-refractivity contribution in [3.05, 3.63) is 89.6 Å². The van der Waals surface area contributed by atoms with E-state index >= 15 is 0 Å². The molecule has 1 aromatic heterocycles. The van der Waals surface area contributed by atoms with E-state index in [9.17, 15) is 9.59 Å². The monoisotopic (exact) mass is 389 g/mol. The number of nitrogens with zero attached hydrogens (tertiary/aromatic N) is 2. The Morgan fingerprint density at radius 2 is 1.76 bits per heavy atom. The van der Waals surface area contributed by atoms with E-state index in [1.54, 1.807) is 55.4 Å². The van der Waals surface area contributed by atoms with Crippen molar-refractivity contribution in [2.24, 2.45) is 0 Å². The van der Waals surface area contributed by atoms with Crippen molar-refractivity contribution in [3.8, 4) is 0 Å². The van der Waals surface area contributed by atoms with Gasteiger partial charge in [0.15, 0.2) is 0 Å². The summed E-state index contributed by atoms with van der Waals surface area (Å²) in [6.45, 7) is 2.57. The van der Waals surface area contributed by atoms with Gasteiger partial charge in [0.1, 0.15) is 5.82 Å². The van der Waals surface area contributed by atoms with E-state index in [1.807, 2.05) is 36.4 Å². The highest BCUT2D eigenvalue weighted by Crippen LogP contribution is 2.21. The fourth-order valence-corrected chi connectivity index (χ4v) is 2.90. The molecule has 6 heteroatoms. The number of rotatable bonds is 7. The first-order chi connectivity index (χ1) is 14.1. The lowest BCUT2D eigenvalue weighted by Gasteiger charge is -2.18. The predicted molar refractivity (Wildman–Crippen MR) is 112 cm³/mol. The molecule has 1 heterocycles. The van der Waals surface area contributed by atoms with Crippen LogP contribution >= 0.6 is 0 Å². The number of esters is 1. The molecule has 0 atom stereocenters. The molecule has 29 heavy (non-hydrogen) atoms. The zero-order chi connectivity index (χ0) is 20.6. The van der Waals surface area contributed by atoms with Gasteiger partial charge in [-0.25, -0.2) is 9.78 Å². The predicted octanol–water partition coefficient (Wildman–Crippen LogP) is 4.27. The van der Waals surface area contributed by atoms with Crippen LogP contribution < -0.4 is 5.32 Å². The maximum Gasteiger partial charge on any atom is 0.340 e. The Bertz CT molecular complexity index is 989. The SMILES string of the molecule is CCOC(=O)c1ccccc1Nc1cc(C(=O)N(C)Cc2ccccc2)ccn1. The Morgan fingerprint density at radius 1 is 1.03 bits per heavy atom. The van der Waals surface area contributed by atoms with E-state index in [2.05, 4.69) is 10.3 Å². The van der Waals surface area contributed by atoms with Gasteiger partial charge in [-0.15, -0.1) is 0 Å². The van der Waals surface area contributed by atoms with Gasteiger partial charge in [-0.1, -0.05) is 42.5 Å². The molecule has 0 spiro atoms. The average Bonchev–Trinajstić information content (AvgIpc) is 2.74. The molecule has 0 saturated carbocycles. The van der Waals surface area contributed by atoms with Crippen molar-refractivity contribution in [3.63, 3.8) is 0 Å². The summed E-state index contributed by atoms with van der Waals surface area (Å²) in [5, 5.41) is 3.11. The minimum atomic E-state index is -0.412. The van der Waals surface area contributed by atoms with Crippen LogP contribution in [0.1, 0.15) is 33.2 Å². The first kappa shape index (κ1) is 20.1. The molecular weight excluding hydrogens is 366 g/mol. The smallest absolute Gasteiger partial charge is 0.340 e. The highest BCUT2D eigenvalue weighted by atomic mass is 16.5. The van der Waals surface area contributed by atoms with Gasteiger partial charge in [0, 0.05) is 25.4 Å². The van der Waals surface area contributed by atoms with E-state index in [0.29, 0.717) is 35.8 Å². The molecule has 0 aliphatic carbocycles. The normalized spacial score (nSPS) is 10.3. The number of nitrogens with one attached hydrogen (secondary N) is 1. The number of ether oxygens (including phenoxy) is 1. The van der Waals surface area contributed by atoms with Gasteiger partial charge in [-0.2, -0.15) is 0 Å². The van der Waals surface area contributed by atoms with Crippen molar-refractivity contribution in [1.82, 2.24) is 9.88 Å². The molecule has 0 bridgehead atoms. The lowest BCUT2D eigenvalue weighted by atomic mass is 10.1. The van der Waals surface area contributed by atoms with Crippen LogP contribution in [0.25, 0.3) is 0 Å². The number of benzene rings is 2. The molecule has 3 rings (SSSR count). The first-order valence-electron chi connectivity index (χ1n) is 9.37. The summed E-state index contributed by atoms with van der Waals surface area (Å²) in [4.78, 5) is 30.9. The number of para-hydroxylation sites is 1. The molecule has 0 saturated heterocycles. The maximum atomic E-state index is 12.8. The van der Waals surface area contributed by atoms with Crippen LogP contribution in [0, 0.1) is 0 Å². The van der Waals surface area contributed by atoms with E-state index in [-0.39, 0.29) is 5.91 Å². The van der Waals surface area contributed by atoms with Gasteiger partial charge in [-0.3, -0.25) is 4.79 Å². The van der Waals surface area contributed by atoms with Crippen LogP contribution in [0.4, 0.5) is 11.5 Å². The zero-order valence-electron chi connectivity index (χ0n) is 16.5. The van der Waals surface area contributed by atoms with Crippen molar-refractivity contribution in [2.75, 3.05) is 19.0 Å². The number of anilines is 2. The van der Waals surface area contributed by atoms with Gasteiger partial charge in [0.2, 0.25) is 0 Å². The maximum absolute atomic E-state index is 12.8. The molecule has 0 fully saturated rings. The number of carbonyl (C=O) groups excluding carboxylic acids is 2. The van der Waals surface area contributed by atoms with E-state index < -0.39 is 5.97 Å². The second-order valence-corrected chi connectivity index (χ2v) is 6.47. The number of hydrogen-bond donors (Lipinski definition) is 1. The average molecular weight is 389 g/mol. The quantitative estimate of drug-likeness (QED) is 0.611. The Balaban J connectivity index is 1.76. The fraction of sp³-hybridized carbons (Fsp3) is 0.174. The van der Waals surface area contributed by atoms with E-state index in [0.717, 1.165) is 5.56 Å². The Morgan fingerprint density at radius 3 is 2.52 bits per heavy atom. The van der Waals surface area contributed by atoms with Crippen molar-refractivity contribution in [2.45, 2.75) is 13.5 Å².